The van der Waals surface area contributed by atoms with E-state index in [1.807, 2.05) is 6.07 Å². The molecule has 1 aliphatic rings. The fourth-order valence-electron chi connectivity index (χ4n) is 2.82. The first-order valence-electron chi connectivity index (χ1n) is 6.91. The van der Waals surface area contributed by atoms with Crippen LogP contribution < -0.4 is 5.32 Å². The first kappa shape index (κ1) is 13.3. The molecule has 1 heterocycles. The third kappa shape index (κ3) is 3.22. The second-order valence-corrected chi connectivity index (χ2v) is 5.40. The predicted molar refractivity (Wildman–Crippen MR) is 74.3 cm³/mol. The van der Waals surface area contributed by atoms with Crippen molar-refractivity contribution in [3.63, 3.8) is 0 Å². The van der Waals surface area contributed by atoms with E-state index in [1.165, 1.54) is 25.5 Å². The van der Waals surface area contributed by atoms with Gasteiger partial charge in [-0.3, -0.25) is 4.90 Å². The van der Waals surface area contributed by atoms with E-state index in [1.54, 1.807) is 12.1 Å². The van der Waals surface area contributed by atoms with Gasteiger partial charge < -0.3 is 5.32 Å². The van der Waals surface area contributed by atoms with Crippen molar-refractivity contribution < 1.29 is 4.39 Å². The third-order valence-electron chi connectivity index (χ3n) is 3.77. The van der Waals surface area contributed by atoms with Crippen molar-refractivity contribution in [2.45, 2.75) is 32.7 Å². The van der Waals surface area contributed by atoms with Gasteiger partial charge in [-0.15, -0.1) is 0 Å². The zero-order valence-electron chi connectivity index (χ0n) is 11.3. The molecule has 1 N–H and O–H groups in total. The van der Waals surface area contributed by atoms with E-state index in [4.69, 9.17) is 0 Å². The lowest BCUT2D eigenvalue weighted by Gasteiger charge is -2.27. The predicted octanol–water partition coefficient (Wildman–Crippen LogP) is 3.36. The molecule has 3 heteroatoms. The minimum Gasteiger partial charge on any atom is -0.381 e. The van der Waals surface area contributed by atoms with Crippen LogP contribution in [0.1, 0.15) is 26.7 Å². The lowest BCUT2D eigenvalue weighted by Crippen LogP contribution is -2.36. The zero-order valence-corrected chi connectivity index (χ0v) is 11.3. The number of nitrogens with one attached hydrogen (secondary N) is 1. The third-order valence-corrected chi connectivity index (χ3v) is 3.77. The molecule has 0 saturated carbocycles. The fraction of sp³-hybridized carbons (Fsp3) is 0.600. The molecule has 1 unspecified atom stereocenters. The number of hydrogen-bond acceptors (Lipinski definition) is 2. The molecule has 2 nitrogen and oxygen atoms in total. The Hall–Kier alpha value is -1.09. The van der Waals surface area contributed by atoms with Crippen LogP contribution in [-0.4, -0.2) is 30.6 Å². The van der Waals surface area contributed by atoms with Crippen LogP contribution in [0.25, 0.3) is 0 Å². The molecule has 0 amide bonds. The van der Waals surface area contributed by atoms with Crippen LogP contribution in [0.15, 0.2) is 24.3 Å². The lowest BCUT2D eigenvalue weighted by molar-refractivity contribution is 0.214. The van der Waals surface area contributed by atoms with Gasteiger partial charge in [0.2, 0.25) is 0 Å². The molecule has 0 aromatic heterocycles. The van der Waals surface area contributed by atoms with E-state index in [2.05, 4.69) is 24.1 Å². The van der Waals surface area contributed by atoms with Crippen LogP contribution in [0.2, 0.25) is 0 Å². The number of likely N-dealkylation sites (tertiary alicyclic amines) is 1. The van der Waals surface area contributed by atoms with E-state index in [9.17, 15) is 4.39 Å². The lowest BCUT2D eigenvalue weighted by atomic mass is 10.0. The molecule has 1 aliphatic heterocycles. The van der Waals surface area contributed by atoms with Gasteiger partial charge in [-0.05, 0) is 37.4 Å². The normalized spacial score (nSPS) is 20.6. The van der Waals surface area contributed by atoms with E-state index >= 15 is 0 Å². The molecule has 1 aromatic rings. The van der Waals surface area contributed by atoms with Crippen molar-refractivity contribution in [3.05, 3.63) is 30.1 Å². The Morgan fingerprint density at radius 1 is 1.39 bits per heavy atom. The van der Waals surface area contributed by atoms with Gasteiger partial charge in [-0.1, -0.05) is 26.0 Å². The minimum absolute atomic E-state index is 0.167. The number of anilines is 1. The summed E-state index contributed by atoms with van der Waals surface area (Å²) in [6.45, 7) is 7.56. The average molecular weight is 250 g/mol. The maximum Gasteiger partial charge on any atom is 0.146 e. The monoisotopic (exact) mass is 250 g/mol. The summed E-state index contributed by atoms with van der Waals surface area (Å²) in [5.41, 5.74) is 0.609. The van der Waals surface area contributed by atoms with Crippen LogP contribution in [0.5, 0.6) is 0 Å². The highest BCUT2D eigenvalue weighted by Gasteiger charge is 2.26. The van der Waals surface area contributed by atoms with Gasteiger partial charge in [0, 0.05) is 19.1 Å². The summed E-state index contributed by atoms with van der Waals surface area (Å²) >= 11 is 0. The van der Waals surface area contributed by atoms with E-state index in [0.29, 0.717) is 17.6 Å². The highest BCUT2D eigenvalue weighted by Crippen LogP contribution is 2.23. The van der Waals surface area contributed by atoms with Crippen LogP contribution in [-0.2, 0) is 0 Å². The highest BCUT2D eigenvalue weighted by molar-refractivity contribution is 5.44. The summed E-state index contributed by atoms with van der Waals surface area (Å²) in [5.74, 6) is 0.542. The molecule has 2 rings (SSSR count). The van der Waals surface area contributed by atoms with Crippen molar-refractivity contribution in [2.75, 3.05) is 25.0 Å². The molecule has 0 radical (unpaired) electrons. The zero-order chi connectivity index (χ0) is 13.0. The Morgan fingerprint density at radius 2 is 2.17 bits per heavy atom. The molecule has 1 saturated heterocycles. The van der Waals surface area contributed by atoms with Gasteiger partial charge in [0.25, 0.3) is 0 Å². The maximum absolute atomic E-state index is 13.4. The molecular weight excluding hydrogens is 227 g/mol. The van der Waals surface area contributed by atoms with Crippen LogP contribution in [0.3, 0.4) is 0 Å². The smallest absolute Gasteiger partial charge is 0.146 e. The van der Waals surface area contributed by atoms with Gasteiger partial charge in [-0.25, -0.2) is 4.39 Å². The van der Waals surface area contributed by atoms with Crippen molar-refractivity contribution >= 4 is 5.69 Å². The summed E-state index contributed by atoms with van der Waals surface area (Å²) in [4.78, 5) is 2.53. The summed E-state index contributed by atoms with van der Waals surface area (Å²) in [6, 6.07) is 7.56. The summed E-state index contributed by atoms with van der Waals surface area (Å²) in [6.07, 6.45) is 2.60. The number of benzene rings is 1. The van der Waals surface area contributed by atoms with Crippen LogP contribution >= 0.6 is 0 Å². The van der Waals surface area contributed by atoms with E-state index in [-0.39, 0.29) is 5.82 Å². The Kier molecular flexibility index (Phi) is 4.59. The Balaban J connectivity index is 1.80. The number of rotatable bonds is 5. The molecule has 1 atom stereocenters. The minimum atomic E-state index is -0.167. The average Bonchev–Trinajstić information content (AvgIpc) is 2.80. The number of hydrogen-bond donors (Lipinski definition) is 1. The molecular formula is C15H23FN2. The standard InChI is InChI=1S/C15H23FN2/c1-12(2)15-8-5-10-18(15)11-9-17-14-7-4-3-6-13(14)16/h3-4,6-7,12,15,17H,5,8-11H2,1-2H3. The van der Waals surface area contributed by atoms with E-state index in [0.717, 1.165) is 13.1 Å². The second-order valence-electron chi connectivity index (χ2n) is 5.40. The molecule has 1 aromatic carbocycles. The SMILES string of the molecule is CC(C)C1CCCN1CCNc1ccccc1F. The van der Waals surface area contributed by atoms with Gasteiger partial charge in [0.05, 0.1) is 5.69 Å². The van der Waals surface area contributed by atoms with Crippen molar-refractivity contribution in [1.29, 1.82) is 0 Å². The van der Waals surface area contributed by atoms with Gasteiger partial charge >= 0.3 is 0 Å². The molecule has 18 heavy (non-hydrogen) atoms. The van der Waals surface area contributed by atoms with Gasteiger partial charge in [-0.2, -0.15) is 0 Å². The number of halogens is 1. The number of nitrogens with zero attached hydrogens (tertiary/aromatic N) is 1. The largest absolute Gasteiger partial charge is 0.381 e. The van der Waals surface area contributed by atoms with Crippen molar-refractivity contribution in [2.24, 2.45) is 5.92 Å². The Bertz CT molecular complexity index is 379. The summed E-state index contributed by atoms with van der Waals surface area (Å²) in [5, 5.41) is 3.18. The molecule has 0 aliphatic carbocycles. The quantitative estimate of drug-likeness (QED) is 0.862. The van der Waals surface area contributed by atoms with Crippen molar-refractivity contribution in [1.82, 2.24) is 4.90 Å². The topological polar surface area (TPSA) is 15.3 Å². The first-order chi connectivity index (χ1) is 8.68. The number of para-hydroxylation sites is 1. The molecule has 0 spiro atoms. The van der Waals surface area contributed by atoms with Crippen LogP contribution in [0, 0.1) is 11.7 Å². The summed E-state index contributed by atoms with van der Waals surface area (Å²) < 4.78 is 13.4. The van der Waals surface area contributed by atoms with Gasteiger partial charge in [0.15, 0.2) is 0 Å². The van der Waals surface area contributed by atoms with E-state index < -0.39 is 0 Å². The Labute approximate surface area is 109 Å². The first-order valence-corrected chi connectivity index (χ1v) is 6.91. The highest BCUT2D eigenvalue weighted by atomic mass is 19.1. The molecule has 100 valence electrons. The van der Waals surface area contributed by atoms with Gasteiger partial charge in [0.1, 0.15) is 5.82 Å². The summed E-state index contributed by atoms with van der Waals surface area (Å²) in [7, 11) is 0. The fourth-order valence-corrected chi connectivity index (χ4v) is 2.82. The molecule has 1 fully saturated rings. The maximum atomic E-state index is 13.4. The van der Waals surface area contributed by atoms with Crippen molar-refractivity contribution in [3.8, 4) is 0 Å². The Morgan fingerprint density at radius 3 is 2.89 bits per heavy atom. The molecule has 0 bridgehead atoms. The second kappa shape index (κ2) is 6.19. The van der Waals surface area contributed by atoms with Crippen LogP contribution in [0.4, 0.5) is 10.1 Å².